The normalized spacial score (nSPS) is 11.4. The Morgan fingerprint density at radius 2 is 2.29 bits per heavy atom. The standard InChI is InChI=1S/C9H13N3O2/c1-14-8-3-2-6(5-10)4-7(8)9(11)12-13/h2-4,13H,5,10H2,1H3,(H2,11,12). The SMILES string of the molecule is COc1ccc(CN)cc1C(N)=NO. The Morgan fingerprint density at radius 3 is 2.79 bits per heavy atom. The van der Waals surface area contributed by atoms with E-state index in [0.717, 1.165) is 5.56 Å². The molecule has 76 valence electrons. The lowest BCUT2D eigenvalue weighted by Gasteiger charge is -2.08. The Balaban J connectivity index is 3.21. The summed E-state index contributed by atoms with van der Waals surface area (Å²) >= 11 is 0. The molecule has 0 fully saturated rings. The fourth-order valence-electron chi connectivity index (χ4n) is 1.14. The molecule has 1 rings (SSSR count). The van der Waals surface area contributed by atoms with Crippen molar-refractivity contribution < 1.29 is 9.94 Å². The van der Waals surface area contributed by atoms with Crippen molar-refractivity contribution in [1.82, 2.24) is 0 Å². The second kappa shape index (κ2) is 4.48. The van der Waals surface area contributed by atoms with Gasteiger partial charge in [-0.1, -0.05) is 11.2 Å². The summed E-state index contributed by atoms with van der Waals surface area (Å²) < 4.78 is 5.06. The van der Waals surface area contributed by atoms with Gasteiger partial charge in [0, 0.05) is 6.54 Å². The first-order valence-corrected chi connectivity index (χ1v) is 4.07. The van der Waals surface area contributed by atoms with Gasteiger partial charge in [-0.3, -0.25) is 0 Å². The third kappa shape index (κ3) is 1.94. The molecular formula is C9H13N3O2. The second-order valence-electron chi connectivity index (χ2n) is 2.72. The fourth-order valence-corrected chi connectivity index (χ4v) is 1.14. The molecule has 0 unspecified atom stereocenters. The number of hydrogen-bond acceptors (Lipinski definition) is 4. The van der Waals surface area contributed by atoms with Crippen LogP contribution in [0.1, 0.15) is 11.1 Å². The van der Waals surface area contributed by atoms with Crippen LogP contribution in [0.5, 0.6) is 5.75 Å². The molecule has 5 N–H and O–H groups in total. The predicted molar refractivity (Wildman–Crippen MR) is 53.4 cm³/mol. The summed E-state index contributed by atoms with van der Waals surface area (Å²) in [5, 5.41) is 11.5. The van der Waals surface area contributed by atoms with Crippen molar-refractivity contribution in [2.24, 2.45) is 16.6 Å². The van der Waals surface area contributed by atoms with Crippen molar-refractivity contribution in [2.45, 2.75) is 6.54 Å². The van der Waals surface area contributed by atoms with E-state index in [0.29, 0.717) is 17.9 Å². The summed E-state index contributed by atoms with van der Waals surface area (Å²) in [4.78, 5) is 0. The maximum absolute atomic E-state index is 8.55. The Morgan fingerprint density at radius 1 is 1.57 bits per heavy atom. The summed E-state index contributed by atoms with van der Waals surface area (Å²) in [6, 6.07) is 5.29. The molecule has 0 radical (unpaired) electrons. The summed E-state index contributed by atoms with van der Waals surface area (Å²) in [7, 11) is 1.52. The first-order valence-electron chi connectivity index (χ1n) is 4.07. The molecule has 0 aliphatic heterocycles. The largest absolute Gasteiger partial charge is 0.496 e. The van der Waals surface area contributed by atoms with Gasteiger partial charge in [0.1, 0.15) is 5.75 Å². The fraction of sp³-hybridized carbons (Fsp3) is 0.222. The highest BCUT2D eigenvalue weighted by molar-refractivity contribution is 5.99. The zero-order valence-corrected chi connectivity index (χ0v) is 7.90. The molecule has 0 aliphatic carbocycles. The molecule has 0 aliphatic rings. The minimum atomic E-state index is 0.0113. The second-order valence-corrected chi connectivity index (χ2v) is 2.72. The van der Waals surface area contributed by atoms with E-state index in [2.05, 4.69) is 5.16 Å². The molecule has 0 saturated heterocycles. The number of methoxy groups -OCH3 is 1. The zero-order valence-electron chi connectivity index (χ0n) is 7.90. The third-order valence-corrected chi connectivity index (χ3v) is 1.88. The topological polar surface area (TPSA) is 93.9 Å². The molecule has 5 nitrogen and oxygen atoms in total. The van der Waals surface area contributed by atoms with Gasteiger partial charge in [0.25, 0.3) is 0 Å². The van der Waals surface area contributed by atoms with Crippen LogP contribution in [0.2, 0.25) is 0 Å². The van der Waals surface area contributed by atoms with E-state index in [1.54, 1.807) is 12.1 Å². The Bertz CT molecular complexity index is 350. The van der Waals surface area contributed by atoms with Crippen LogP contribution in [0.15, 0.2) is 23.4 Å². The molecule has 14 heavy (non-hydrogen) atoms. The van der Waals surface area contributed by atoms with Gasteiger partial charge in [-0.05, 0) is 17.7 Å². The van der Waals surface area contributed by atoms with Gasteiger partial charge in [-0.2, -0.15) is 0 Å². The van der Waals surface area contributed by atoms with E-state index in [1.165, 1.54) is 7.11 Å². The third-order valence-electron chi connectivity index (χ3n) is 1.88. The number of amidine groups is 1. The van der Waals surface area contributed by atoms with E-state index < -0.39 is 0 Å². The van der Waals surface area contributed by atoms with Crippen molar-refractivity contribution in [1.29, 1.82) is 0 Å². The number of benzene rings is 1. The summed E-state index contributed by atoms with van der Waals surface area (Å²) in [5.41, 5.74) is 12.4. The van der Waals surface area contributed by atoms with Crippen molar-refractivity contribution in [3.05, 3.63) is 29.3 Å². The highest BCUT2D eigenvalue weighted by Gasteiger charge is 2.07. The van der Waals surface area contributed by atoms with Gasteiger partial charge in [-0.15, -0.1) is 0 Å². The molecule has 0 amide bonds. The molecule has 0 bridgehead atoms. The zero-order chi connectivity index (χ0) is 10.6. The number of rotatable bonds is 3. The van der Waals surface area contributed by atoms with Gasteiger partial charge >= 0.3 is 0 Å². The van der Waals surface area contributed by atoms with Gasteiger partial charge in [-0.25, -0.2) is 0 Å². The maximum atomic E-state index is 8.55. The first-order chi connectivity index (χ1) is 6.72. The molecule has 0 heterocycles. The predicted octanol–water partition coefficient (Wildman–Crippen LogP) is 0.248. The van der Waals surface area contributed by atoms with E-state index >= 15 is 0 Å². The quantitative estimate of drug-likeness (QED) is 0.279. The lowest BCUT2D eigenvalue weighted by Crippen LogP contribution is -2.15. The first kappa shape index (κ1) is 10.3. The van der Waals surface area contributed by atoms with E-state index in [9.17, 15) is 0 Å². The summed E-state index contributed by atoms with van der Waals surface area (Å²) in [6.07, 6.45) is 0. The van der Waals surface area contributed by atoms with E-state index in [4.69, 9.17) is 21.4 Å². The number of oxime groups is 1. The van der Waals surface area contributed by atoms with Crippen LogP contribution < -0.4 is 16.2 Å². The van der Waals surface area contributed by atoms with Crippen molar-refractivity contribution >= 4 is 5.84 Å². The monoisotopic (exact) mass is 195 g/mol. The van der Waals surface area contributed by atoms with Gasteiger partial charge in [0.05, 0.1) is 12.7 Å². The Labute approximate surface area is 82.0 Å². The Kier molecular flexibility index (Phi) is 3.30. The maximum Gasteiger partial charge on any atom is 0.173 e. The van der Waals surface area contributed by atoms with Crippen LogP contribution in [0.4, 0.5) is 0 Å². The van der Waals surface area contributed by atoms with Gasteiger partial charge in [0.15, 0.2) is 5.84 Å². The number of nitrogens with zero attached hydrogens (tertiary/aromatic N) is 1. The minimum absolute atomic E-state index is 0.0113. The van der Waals surface area contributed by atoms with Crippen LogP contribution in [0, 0.1) is 0 Å². The van der Waals surface area contributed by atoms with Crippen molar-refractivity contribution in [3.8, 4) is 5.75 Å². The van der Waals surface area contributed by atoms with Crippen LogP contribution in [-0.2, 0) is 6.54 Å². The van der Waals surface area contributed by atoms with Gasteiger partial charge < -0.3 is 21.4 Å². The van der Waals surface area contributed by atoms with Crippen molar-refractivity contribution in [3.63, 3.8) is 0 Å². The smallest absolute Gasteiger partial charge is 0.173 e. The summed E-state index contributed by atoms with van der Waals surface area (Å²) in [5.74, 6) is 0.564. The average molecular weight is 195 g/mol. The highest BCUT2D eigenvalue weighted by Crippen LogP contribution is 2.19. The minimum Gasteiger partial charge on any atom is -0.496 e. The molecule has 1 aromatic carbocycles. The lowest BCUT2D eigenvalue weighted by atomic mass is 10.1. The van der Waals surface area contributed by atoms with Crippen LogP contribution in [-0.4, -0.2) is 18.2 Å². The molecule has 0 atom stereocenters. The van der Waals surface area contributed by atoms with E-state index in [-0.39, 0.29) is 5.84 Å². The molecular weight excluding hydrogens is 182 g/mol. The Hall–Kier alpha value is -1.75. The van der Waals surface area contributed by atoms with E-state index in [1.807, 2.05) is 6.07 Å². The van der Waals surface area contributed by atoms with Crippen LogP contribution in [0.3, 0.4) is 0 Å². The number of hydrogen-bond donors (Lipinski definition) is 3. The average Bonchev–Trinajstić information content (AvgIpc) is 2.27. The molecule has 0 saturated carbocycles. The lowest BCUT2D eigenvalue weighted by molar-refractivity contribution is 0.318. The molecule has 1 aromatic rings. The van der Waals surface area contributed by atoms with Gasteiger partial charge in [0.2, 0.25) is 0 Å². The van der Waals surface area contributed by atoms with Crippen LogP contribution >= 0.6 is 0 Å². The number of nitrogens with two attached hydrogens (primary N) is 2. The molecule has 0 aromatic heterocycles. The molecule has 0 spiro atoms. The van der Waals surface area contributed by atoms with Crippen molar-refractivity contribution in [2.75, 3.05) is 7.11 Å². The van der Waals surface area contributed by atoms with Crippen LogP contribution in [0.25, 0.3) is 0 Å². The summed E-state index contributed by atoms with van der Waals surface area (Å²) in [6.45, 7) is 0.399. The number of ether oxygens (including phenoxy) is 1. The highest BCUT2D eigenvalue weighted by atomic mass is 16.5. The molecule has 5 heteroatoms.